The summed E-state index contributed by atoms with van der Waals surface area (Å²) in [5.41, 5.74) is 0.856. The quantitative estimate of drug-likeness (QED) is 0.788. The molecule has 1 aromatic rings. The highest BCUT2D eigenvalue weighted by atomic mass is 35.5. The summed E-state index contributed by atoms with van der Waals surface area (Å²) in [4.78, 5) is 9.17. The highest BCUT2D eigenvalue weighted by Crippen LogP contribution is 2.30. The largest absolute Gasteiger partial charge is 0.367 e. The molecular formula is C17H28ClN3. The van der Waals surface area contributed by atoms with E-state index in [9.17, 15) is 0 Å². The Morgan fingerprint density at radius 2 is 1.76 bits per heavy atom. The fourth-order valence-corrected chi connectivity index (χ4v) is 3.10. The molecule has 0 saturated heterocycles. The molecule has 21 heavy (non-hydrogen) atoms. The number of hydrogen-bond donors (Lipinski definition) is 1. The van der Waals surface area contributed by atoms with Gasteiger partial charge in [-0.3, -0.25) is 0 Å². The minimum absolute atomic E-state index is 0.0954. The molecule has 118 valence electrons. The van der Waals surface area contributed by atoms with Crippen molar-refractivity contribution in [2.75, 3.05) is 5.32 Å². The molecule has 1 unspecified atom stereocenters. The van der Waals surface area contributed by atoms with E-state index in [1.165, 1.54) is 32.1 Å². The van der Waals surface area contributed by atoms with Gasteiger partial charge < -0.3 is 5.32 Å². The second kappa shape index (κ2) is 6.51. The van der Waals surface area contributed by atoms with Gasteiger partial charge in [-0.15, -0.1) is 0 Å². The van der Waals surface area contributed by atoms with Gasteiger partial charge in [0.15, 0.2) is 0 Å². The molecule has 3 nitrogen and oxygen atoms in total. The SMILES string of the molecule is Cc1c(Cl)nc(C(C)(C)C)nc1NC(C)C1CCCCC1. The van der Waals surface area contributed by atoms with Crippen LogP contribution in [-0.4, -0.2) is 16.0 Å². The van der Waals surface area contributed by atoms with Crippen LogP contribution in [0.15, 0.2) is 0 Å². The van der Waals surface area contributed by atoms with Crippen LogP contribution in [0.3, 0.4) is 0 Å². The number of nitrogens with one attached hydrogen (secondary N) is 1. The van der Waals surface area contributed by atoms with Gasteiger partial charge >= 0.3 is 0 Å². The monoisotopic (exact) mass is 309 g/mol. The summed E-state index contributed by atoms with van der Waals surface area (Å²) in [6, 6.07) is 0.433. The predicted molar refractivity (Wildman–Crippen MR) is 90.1 cm³/mol. The van der Waals surface area contributed by atoms with Crippen molar-refractivity contribution in [3.05, 3.63) is 16.5 Å². The van der Waals surface area contributed by atoms with Crippen molar-refractivity contribution in [2.24, 2.45) is 5.92 Å². The molecule has 4 heteroatoms. The van der Waals surface area contributed by atoms with Crippen LogP contribution < -0.4 is 5.32 Å². The molecule has 1 heterocycles. The van der Waals surface area contributed by atoms with Gasteiger partial charge in [0, 0.05) is 17.0 Å². The molecule has 1 aromatic heterocycles. The zero-order valence-electron chi connectivity index (χ0n) is 14.0. The van der Waals surface area contributed by atoms with Gasteiger partial charge in [-0.25, -0.2) is 9.97 Å². The van der Waals surface area contributed by atoms with Crippen molar-refractivity contribution in [1.29, 1.82) is 0 Å². The van der Waals surface area contributed by atoms with Crippen LogP contribution in [-0.2, 0) is 5.41 Å². The van der Waals surface area contributed by atoms with E-state index in [0.717, 1.165) is 23.1 Å². The summed E-state index contributed by atoms with van der Waals surface area (Å²) in [6.07, 6.45) is 6.73. The Hall–Kier alpha value is -0.830. The zero-order valence-corrected chi connectivity index (χ0v) is 14.7. The first-order valence-electron chi connectivity index (χ1n) is 8.10. The number of anilines is 1. The summed E-state index contributed by atoms with van der Waals surface area (Å²) in [5.74, 6) is 2.44. The smallest absolute Gasteiger partial charge is 0.137 e. The lowest BCUT2D eigenvalue weighted by molar-refractivity contribution is 0.328. The number of nitrogens with zero attached hydrogens (tertiary/aromatic N) is 2. The number of halogens is 1. The Morgan fingerprint density at radius 3 is 2.33 bits per heavy atom. The van der Waals surface area contributed by atoms with E-state index in [0.29, 0.717) is 11.2 Å². The second-order valence-corrected chi connectivity index (χ2v) is 7.75. The lowest BCUT2D eigenvalue weighted by Gasteiger charge is -2.29. The summed E-state index contributed by atoms with van der Waals surface area (Å²) in [7, 11) is 0. The van der Waals surface area contributed by atoms with Crippen LogP contribution in [0.1, 0.15) is 71.2 Å². The Bertz CT molecular complexity index is 488. The number of hydrogen-bond acceptors (Lipinski definition) is 3. The molecule has 1 aliphatic carbocycles. The molecule has 1 atom stereocenters. The molecule has 1 saturated carbocycles. The van der Waals surface area contributed by atoms with Gasteiger partial charge in [0.05, 0.1) is 0 Å². The minimum Gasteiger partial charge on any atom is -0.367 e. The van der Waals surface area contributed by atoms with Gasteiger partial charge in [0.1, 0.15) is 16.8 Å². The number of aromatic nitrogens is 2. The maximum absolute atomic E-state index is 6.30. The first kappa shape index (κ1) is 16.5. The molecule has 0 aromatic carbocycles. The second-order valence-electron chi connectivity index (χ2n) is 7.39. The van der Waals surface area contributed by atoms with E-state index in [1.54, 1.807) is 0 Å². The molecule has 0 radical (unpaired) electrons. The highest BCUT2D eigenvalue weighted by molar-refractivity contribution is 6.30. The predicted octanol–water partition coefficient (Wildman–Crippen LogP) is 5.12. The fraction of sp³-hybridized carbons (Fsp3) is 0.765. The maximum atomic E-state index is 6.30. The molecule has 1 aliphatic rings. The van der Waals surface area contributed by atoms with Crippen LogP contribution >= 0.6 is 11.6 Å². The lowest BCUT2D eigenvalue weighted by atomic mass is 9.84. The minimum atomic E-state index is -0.0954. The van der Waals surface area contributed by atoms with Crippen molar-refractivity contribution in [2.45, 2.75) is 78.2 Å². The van der Waals surface area contributed by atoms with E-state index in [1.807, 2.05) is 6.92 Å². The first-order chi connectivity index (χ1) is 9.79. The van der Waals surface area contributed by atoms with Crippen LogP contribution in [0, 0.1) is 12.8 Å². The van der Waals surface area contributed by atoms with Crippen LogP contribution in [0.25, 0.3) is 0 Å². The normalized spacial score (nSPS) is 18.6. The van der Waals surface area contributed by atoms with Crippen molar-refractivity contribution < 1.29 is 0 Å². The zero-order chi connectivity index (χ0) is 15.6. The molecule has 1 N–H and O–H groups in total. The van der Waals surface area contributed by atoms with Crippen molar-refractivity contribution in [3.63, 3.8) is 0 Å². The molecule has 2 rings (SSSR count). The molecular weight excluding hydrogens is 282 g/mol. The van der Waals surface area contributed by atoms with Gasteiger partial charge in [-0.1, -0.05) is 51.6 Å². The summed E-state index contributed by atoms with van der Waals surface area (Å²) in [6.45, 7) is 10.6. The first-order valence-corrected chi connectivity index (χ1v) is 8.48. The molecule has 0 aliphatic heterocycles. The highest BCUT2D eigenvalue weighted by Gasteiger charge is 2.24. The topological polar surface area (TPSA) is 37.8 Å². The van der Waals surface area contributed by atoms with Crippen molar-refractivity contribution in [3.8, 4) is 0 Å². The molecule has 0 spiro atoms. The van der Waals surface area contributed by atoms with Gasteiger partial charge in [-0.2, -0.15) is 0 Å². The Morgan fingerprint density at radius 1 is 1.14 bits per heavy atom. The lowest BCUT2D eigenvalue weighted by Crippen LogP contribution is -2.29. The van der Waals surface area contributed by atoms with Crippen LogP contribution in [0.4, 0.5) is 5.82 Å². The van der Waals surface area contributed by atoms with Gasteiger partial charge in [-0.05, 0) is 32.6 Å². The third-order valence-corrected chi connectivity index (χ3v) is 4.85. The summed E-state index contributed by atoms with van der Waals surface area (Å²) >= 11 is 6.30. The van der Waals surface area contributed by atoms with E-state index in [2.05, 4.69) is 38.0 Å². The summed E-state index contributed by atoms with van der Waals surface area (Å²) in [5, 5.41) is 4.16. The van der Waals surface area contributed by atoms with E-state index in [4.69, 9.17) is 16.6 Å². The molecule has 0 bridgehead atoms. The van der Waals surface area contributed by atoms with Crippen LogP contribution in [0.2, 0.25) is 5.15 Å². The Balaban J connectivity index is 2.20. The third kappa shape index (κ3) is 4.09. The average Bonchev–Trinajstić information content (AvgIpc) is 2.43. The van der Waals surface area contributed by atoms with Crippen molar-refractivity contribution >= 4 is 17.4 Å². The van der Waals surface area contributed by atoms with E-state index >= 15 is 0 Å². The average molecular weight is 310 g/mol. The Labute approximate surface area is 133 Å². The Kier molecular flexibility index (Phi) is 5.13. The third-order valence-electron chi connectivity index (χ3n) is 4.48. The standard InChI is InChI=1S/C17H28ClN3/c1-11-14(18)20-16(17(3,4)5)21-15(11)19-12(2)13-9-7-6-8-10-13/h12-13H,6-10H2,1-5H3,(H,19,20,21). The van der Waals surface area contributed by atoms with Gasteiger partial charge in [0.2, 0.25) is 0 Å². The van der Waals surface area contributed by atoms with Crippen LogP contribution in [0.5, 0.6) is 0 Å². The van der Waals surface area contributed by atoms with Gasteiger partial charge in [0.25, 0.3) is 0 Å². The van der Waals surface area contributed by atoms with Crippen molar-refractivity contribution in [1.82, 2.24) is 9.97 Å². The van der Waals surface area contributed by atoms with E-state index in [-0.39, 0.29) is 5.41 Å². The fourth-order valence-electron chi connectivity index (χ4n) is 2.93. The number of rotatable bonds is 3. The summed E-state index contributed by atoms with van der Waals surface area (Å²) < 4.78 is 0. The van der Waals surface area contributed by atoms with E-state index < -0.39 is 0 Å². The molecule has 0 amide bonds. The maximum Gasteiger partial charge on any atom is 0.137 e. The molecule has 1 fully saturated rings.